The van der Waals surface area contributed by atoms with Crippen LogP contribution in [0.2, 0.25) is 0 Å². The third kappa shape index (κ3) is 7.54. The van der Waals surface area contributed by atoms with Crippen LogP contribution in [0.3, 0.4) is 0 Å². The molecule has 0 aliphatic carbocycles. The van der Waals surface area contributed by atoms with E-state index in [4.69, 9.17) is 8.75 Å². The van der Waals surface area contributed by atoms with Gasteiger partial charge in [-0.2, -0.15) is 8.75 Å². The topological polar surface area (TPSA) is 32.3 Å². The number of anilines is 6. The molecule has 248 valence electrons. The van der Waals surface area contributed by atoms with E-state index in [1.165, 1.54) is 26.0 Å². The minimum atomic E-state index is 0.917. The van der Waals surface area contributed by atoms with Crippen LogP contribution in [0.1, 0.15) is 0 Å². The van der Waals surface area contributed by atoms with Crippen molar-refractivity contribution in [1.82, 2.24) is 8.75 Å². The van der Waals surface area contributed by atoms with Gasteiger partial charge in [-0.15, -0.1) is 0 Å². The molecule has 0 saturated carbocycles. The quantitative estimate of drug-likeness (QED) is 0.142. The summed E-state index contributed by atoms with van der Waals surface area (Å²) < 4.78 is 14.4. The first-order chi connectivity index (χ1) is 24.9. The Kier molecular flexibility index (Phi) is 10.6. The van der Waals surface area contributed by atoms with E-state index in [2.05, 4.69) is 258 Å². The molecule has 0 radical (unpaired) electrons. The maximum absolute atomic E-state index is 4.80. The summed E-state index contributed by atoms with van der Waals surface area (Å²) in [4.78, 5) is 4.58. The average Bonchev–Trinajstić information content (AvgIpc) is 3.66. The molecule has 51 heavy (non-hydrogen) atoms. The van der Waals surface area contributed by atoms with Gasteiger partial charge in [0, 0.05) is 59.5 Å². The summed E-state index contributed by atoms with van der Waals surface area (Å²) >= 11 is 10.7. The van der Waals surface area contributed by atoms with Crippen LogP contribution in [-0.2, 0) is 0 Å². The smallest absolute Gasteiger partial charge is 0.113 e. The molecule has 0 saturated heterocycles. The van der Waals surface area contributed by atoms with Crippen LogP contribution in [0.4, 0.5) is 34.1 Å². The summed E-state index contributed by atoms with van der Waals surface area (Å²) in [5.41, 5.74) is 12.8. The third-order valence-corrected chi connectivity index (χ3v) is 12.0. The Balaban J connectivity index is 1.12. The van der Waals surface area contributed by atoms with E-state index in [9.17, 15) is 0 Å². The molecule has 4 nitrogen and oxygen atoms in total. The summed E-state index contributed by atoms with van der Waals surface area (Å²) in [6.45, 7) is 0. The van der Waals surface area contributed by atoms with Crippen molar-refractivity contribution in [3.05, 3.63) is 172 Å². The molecule has 0 atom stereocenters. The second kappa shape index (κ2) is 15.5. The van der Waals surface area contributed by atoms with Crippen LogP contribution in [0, 0.1) is 14.3 Å². The first-order valence-corrected chi connectivity index (χ1v) is 21.0. The van der Waals surface area contributed by atoms with E-state index in [-0.39, 0.29) is 0 Å². The molecule has 1 heterocycles. The number of aromatic nitrogens is 2. The van der Waals surface area contributed by atoms with Gasteiger partial charge in [-0.05, 0) is 223 Å². The van der Waals surface area contributed by atoms with Gasteiger partial charge in [0.25, 0.3) is 0 Å². The van der Waals surface area contributed by atoms with Gasteiger partial charge in [0.05, 0.1) is 11.7 Å². The van der Waals surface area contributed by atoms with Crippen LogP contribution >= 0.6 is 102 Å². The minimum absolute atomic E-state index is 0.917. The van der Waals surface area contributed by atoms with Crippen molar-refractivity contribution in [2.75, 3.05) is 9.80 Å². The lowest BCUT2D eigenvalue weighted by Crippen LogP contribution is -2.09. The van der Waals surface area contributed by atoms with Crippen molar-refractivity contribution in [3.8, 4) is 22.3 Å². The Bertz CT molecular complexity index is 2170. The number of nitrogens with zero attached hydrogens (tertiary/aromatic N) is 4. The molecule has 0 bridgehead atoms. The van der Waals surface area contributed by atoms with E-state index >= 15 is 0 Å². The zero-order valence-corrected chi connectivity index (χ0v) is 36.2. The molecule has 0 N–H and O–H groups in total. The van der Waals surface area contributed by atoms with E-state index in [1.54, 1.807) is 0 Å². The predicted molar refractivity (Wildman–Crippen MR) is 249 cm³/mol. The minimum Gasteiger partial charge on any atom is -0.311 e. The standard InChI is InChI=1S/C42H26I4N4S/c43-29-5-17-35(18-6-29)49(36-19-7-30(44)8-20-36)33-13-1-27(2-14-33)39-25-26-40(42-41(39)47-51-48-42)28-3-15-34(16-4-28)50(37-21-9-31(45)10-22-37)38-23-11-32(46)12-24-38/h1-26H. The number of rotatable bonds is 8. The predicted octanol–water partition coefficient (Wildman–Crippen LogP) is 14.4. The largest absolute Gasteiger partial charge is 0.311 e. The summed E-state index contributed by atoms with van der Waals surface area (Å²) in [5.74, 6) is 0. The van der Waals surface area contributed by atoms with Crippen LogP contribution in [0.5, 0.6) is 0 Å². The van der Waals surface area contributed by atoms with Crippen molar-refractivity contribution in [3.63, 3.8) is 0 Å². The zero-order chi connectivity index (χ0) is 34.9. The fraction of sp³-hybridized carbons (Fsp3) is 0. The highest BCUT2D eigenvalue weighted by Gasteiger charge is 2.18. The Morgan fingerprint density at radius 3 is 0.804 bits per heavy atom. The number of fused-ring (bicyclic) bond motifs is 1. The van der Waals surface area contributed by atoms with Gasteiger partial charge in [0.2, 0.25) is 0 Å². The maximum atomic E-state index is 4.80. The highest BCUT2D eigenvalue weighted by atomic mass is 127. The molecule has 0 amide bonds. The van der Waals surface area contributed by atoms with E-state index in [1.807, 2.05) is 0 Å². The molecule has 8 aromatic rings. The van der Waals surface area contributed by atoms with Crippen molar-refractivity contribution < 1.29 is 0 Å². The molecule has 7 aromatic carbocycles. The summed E-state index contributed by atoms with van der Waals surface area (Å²) in [5, 5.41) is 0. The van der Waals surface area contributed by atoms with Crippen molar-refractivity contribution in [2.24, 2.45) is 0 Å². The lowest BCUT2D eigenvalue weighted by molar-refractivity contribution is 1.28. The summed E-state index contributed by atoms with van der Waals surface area (Å²) in [7, 11) is 0. The number of halogens is 4. The van der Waals surface area contributed by atoms with Crippen molar-refractivity contribution in [1.29, 1.82) is 0 Å². The number of hydrogen-bond acceptors (Lipinski definition) is 5. The molecule has 0 spiro atoms. The van der Waals surface area contributed by atoms with Crippen LogP contribution in [0.15, 0.2) is 158 Å². The normalized spacial score (nSPS) is 11.1. The second-order valence-electron chi connectivity index (χ2n) is 11.8. The fourth-order valence-corrected chi connectivity index (χ4v) is 8.18. The Hall–Kier alpha value is -3.12. The Morgan fingerprint density at radius 2 is 0.549 bits per heavy atom. The van der Waals surface area contributed by atoms with Crippen molar-refractivity contribution in [2.45, 2.75) is 0 Å². The lowest BCUT2D eigenvalue weighted by atomic mass is 9.97. The Morgan fingerprint density at radius 1 is 0.314 bits per heavy atom. The molecule has 8 rings (SSSR count). The molecule has 1 aromatic heterocycles. The lowest BCUT2D eigenvalue weighted by Gasteiger charge is -2.26. The molecule has 9 heteroatoms. The monoisotopic (exact) mass is 1130 g/mol. The summed E-state index contributed by atoms with van der Waals surface area (Å²) in [6.07, 6.45) is 0. The Labute approximate surface area is 355 Å². The van der Waals surface area contributed by atoms with Gasteiger partial charge in [-0.25, -0.2) is 0 Å². The van der Waals surface area contributed by atoms with E-state index in [0.29, 0.717) is 0 Å². The maximum Gasteiger partial charge on any atom is 0.113 e. The van der Waals surface area contributed by atoms with Gasteiger partial charge in [0.1, 0.15) is 11.0 Å². The van der Waals surface area contributed by atoms with Gasteiger partial charge in [-0.1, -0.05) is 36.4 Å². The molecule has 0 fully saturated rings. The van der Waals surface area contributed by atoms with Crippen molar-refractivity contribution >= 4 is 147 Å². The van der Waals surface area contributed by atoms with Gasteiger partial charge < -0.3 is 9.80 Å². The van der Waals surface area contributed by atoms with E-state index < -0.39 is 0 Å². The zero-order valence-electron chi connectivity index (χ0n) is 26.7. The highest BCUT2D eigenvalue weighted by molar-refractivity contribution is 14.1. The highest BCUT2D eigenvalue weighted by Crippen LogP contribution is 2.40. The van der Waals surface area contributed by atoms with E-state index in [0.717, 1.165) is 67.4 Å². The van der Waals surface area contributed by atoms with Gasteiger partial charge in [-0.3, -0.25) is 0 Å². The first kappa shape index (κ1) is 34.9. The third-order valence-electron chi connectivity index (χ3n) is 8.63. The second-order valence-corrected chi connectivity index (χ2v) is 17.3. The van der Waals surface area contributed by atoms with Gasteiger partial charge in [0.15, 0.2) is 0 Å². The molecule has 0 unspecified atom stereocenters. The molecule has 0 aliphatic heterocycles. The summed E-state index contributed by atoms with van der Waals surface area (Å²) in [6, 6.07) is 56.4. The molecular formula is C42H26I4N4S. The fourth-order valence-electron chi connectivity index (χ4n) is 6.17. The molecular weight excluding hydrogens is 1100 g/mol. The van der Waals surface area contributed by atoms with Gasteiger partial charge >= 0.3 is 0 Å². The van der Waals surface area contributed by atoms with Crippen LogP contribution in [-0.4, -0.2) is 8.75 Å². The SMILES string of the molecule is Ic1ccc(N(c2ccc(I)cc2)c2ccc(-c3ccc(-c4ccc(N(c5ccc(I)cc5)c5ccc(I)cc5)cc4)c4nsnc34)cc2)cc1. The number of benzene rings is 7. The van der Waals surface area contributed by atoms with Crippen LogP contribution < -0.4 is 9.80 Å². The average molecular weight is 1130 g/mol. The molecule has 0 aliphatic rings. The number of hydrogen-bond donors (Lipinski definition) is 0. The van der Waals surface area contributed by atoms with Crippen LogP contribution in [0.25, 0.3) is 33.3 Å². The first-order valence-electron chi connectivity index (χ1n) is 16.0.